The smallest absolute Gasteiger partial charge is 0.270 e. The Labute approximate surface area is 138 Å². The van der Waals surface area contributed by atoms with Gasteiger partial charge in [-0.25, -0.2) is 0 Å². The Morgan fingerprint density at radius 2 is 2.12 bits per heavy atom. The Balaban J connectivity index is 1.44. The number of aromatic amines is 1. The number of rotatable bonds is 3. The van der Waals surface area contributed by atoms with Gasteiger partial charge in [-0.15, -0.1) is 0 Å². The molecule has 122 valence electrons. The maximum atomic E-state index is 13.0. The Morgan fingerprint density at radius 1 is 1.25 bits per heavy atom. The first-order valence-electron chi connectivity index (χ1n) is 8.52. The molecule has 24 heavy (non-hydrogen) atoms. The van der Waals surface area contributed by atoms with Gasteiger partial charge in [-0.05, 0) is 37.8 Å². The second-order valence-corrected chi connectivity index (χ2v) is 6.69. The molecule has 3 heterocycles. The number of fused-ring (bicyclic) bond motifs is 1. The third kappa shape index (κ3) is 2.21. The van der Waals surface area contributed by atoms with Gasteiger partial charge in [0, 0.05) is 23.4 Å². The Hall–Kier alpha value is -2.63. The molecule has 3 aromatic rings. The molecule has 1 unspecified atom stereocenters. The van der Waals surface area contributed by atoms with Gasteiger partial charge in [-0.2, -0.15) is 4.98 Å². The molecular weight excluding hydrogens is 304 g/mol. The highest BCUT2D eigenvalue weighted by Gasteiger charge is 2.37. The first-order chi connectivity index (χ1) is 11.8. The zero-order valence-corrected chi connectivity index (χ0v) is 13.2. The number of para-hydroxylation sites is 1. The van der Waals surface area contributed by atoms with Gasteiger partial charge in [0.25, 0.3) is 5.91 Å². The van der Waals surface area contributed by atoms with E-state index in [1.54, 1.807) is 0 Å². The molecule has 1 aliphatic carbocycles. The fraction of sp³-hybridized carbons (Fsp3) is 0.389. The summed E-state index contributed by atoms with van der Waals surface area (Å²) in [5.74, 6) is 1.84. The van der Waals surface area contributed by atoms with Gasteiger partial charge in [0.05, 0.1) is 0 Å². The Morgan fingerprint density at radius 3 is 2.96 bits per heavy atom. The zero-order chi connectivity index (χ0) is 16.1. The van der Waals surface area contributed by atoms with Gasteiger partial charge in [-0.1, -0.05) is 23.4 Å². The van der Waals surface area contributed by atoms with Crippen molar-refractivity contribution in [2.45, 2.75) is 37.6 Å². The maximum Gasteiger partial charge on any atom is 0.270 e. The number of aromatic nitrogens is 3. The fourth-order valence-electron chi connectivity index (χ4n) is 3.50. The predicted molar refractivity (Wildman–Crippen MR) is 87.6 cm³/mol. The molecule has 1 amide bonds. The minimum absolute atomic E-state index is 0.000119. The van der Waals surface area contributed by atoms with Crippen LogP contribution in [0.3, 0.4) is 0 Å². The summed E-state index contributed by atoms with van der Waals surface area (Å²) in [6.07, 6.45) is 4.11. The average molecular weight is 322 g/mol. The highest BCUT2D eigenvalue weighted by molar-refractivity contribution is 5.98. The van der Waals surface area contributed by atoms with E-state index < -0.39 is 0 Å². The van der Waals surface area contributed by atoms with Crippen molar-refractivity contribution in [3.8, 4) is 0 Å². The number of likely N-dealkylation sites (tertiary alicyclic amines) is 1. The minimum atomic E-state index is -0.107. The number of carbonyl (C=O) groups excluding carboxylic acids is 1. The zero-order valence-electron chi connectivity index (χ0n) is 13.2. The molecule has 0 spiro atoms. The molecule has 6 nitrogen and oxygen atoms in total. The fourth-order valence-corrected chi connectivity index (χ4v) is 3.50. The summed E-state index contributed by atoms with van der Waals surface area (Å²) in [7, 11) is 0. The Kier molecular flexibility index (Phi) is 2.98. The van der Waals surface area contributed by atoms with Gasteiger partial charge in [0.2, 0.25) is 5.89 Å². The van der Waals surface area contributed by atoms with Gasteiger partial charge in [0.1, 0.15) is 11.7 Å². The van der Waals surface area contributed by atoms with Gasteiger partial charge >= 0.3 is 0 Å². The minimum Gasteiger partial charge on any atom is -0.351 e. The third-order valence-electron chi connectivity index (χ3n) is 4.96. The number of benzene rings is 1. The van der Waals surface area contributed by atoms with Crippen molar-refractivity contribution >= 4 is 16.8 Å². The number of nitrogens with one attached hydrogen (secondary N) is 1. The largest absolute Gasteiger partial charge is 0.351 e. The summed E-state index contributed by atoms with van der Waals surface area (Å²) in [5, 5.41) is 5.14. The second-order valence-electron chi connectivity index (χ2n) is 6.69. The summed E-state index contributed by atoms with van der Waals surface area (Å²) in [6.45, 7) is 0.722. The lowest BCUT2D eigenvalue weighted by Gasteiger charge is -2.21. The van der Waals surface area contributed by atoms with Crippen LogP contribution in [0.25, 0.3) is 10.9 Å². The quantitative estimate of drug-likeness (QED) is 0.802. The van der Waals surface area contributed by atoms with Crippen LogP contribution >= 0.6 is 0 Å². The van der Waals surface area contributed by atoms with Gasteiger partial charge < -0.3 is 14.4 Å². The molecule has 2 aliphatic rings. The van der Waals surface area contributed by atoms with Crippen LogP contribution < -0.4 is 0 Å². The molecule has 1 saturated heterocycles. The van der Waals surface area contributed by atoms with Crippen molar-refractivity contribution < 1.29 is 9.32 Å². The van der Waals surface area contributed by atoms with Crippen molar-refractivity contribution in [3.05, 3.63) is 47.7 Å². The van der Waals surface area contributed by atoms with Gasteiger partial charge in [-0.3, -0.25) is 4.79 Å². The number of hydrogen-bond acceptors (Lipinski definition) is 4. The first-order valence-corrected chi connectivity index (χ1v) is 8.52. The van der Waals surface area contributed by atoms with Crippen LogP contribution in [-0.2, 0) is 0 Å². The average Bonchev–Trinajstić information content (AvgIpc) is 3.06. The lowest BCUT2D eigenvalue weighted by molar-refractivity contribution is 0.0705. The summed E-state index contributed by atoms with van der Waals surface area (Å²) in [4.78, 5) is 22.6. The Bertz CT molecular complexity index is 876. The first kappa shape index (κ1) is 13.8. The monoisotopic (exact) mass is 322 g/mol. The van der Waals surface area contributed by atoms with E-state index in [-0.39, 0.29) is 11.9 Å². The van der Waals surface area contributed by atoms with Crippen LogP contribution in [0.5, 0.6) is 0 Å². The molecule has 0 radical (unpaired) electrons. The van der Waals surface area contributed by atoms with Crippen molar-refractivity contribution in [3.63, 3.8) is 0 Å². The van der Waals surface area contributed by atoms with E-state index in [1.807, 2.05) is 35.2 Å². The normalized spacial score (nSPS) is 20.8. The highest BCUT2D eigenvalue weighted by Crippen LogP contribution is 2.40. The van der Waals surface area contributed by atoms with Crippen LogP contribution in [0.1, 0.15) is 59.8 Å². The standard InChI is InChI=1S/C18H18N4O2/c23-18(14-10-12-4-1-2-5-13(12)19-14)22-9-3-6-15(22)17-20-16(21-24-17)11-7-8-11/h1-2,4-5,10-11,15,19H,3,6-9H2. The number of carbonyl (C=O) groups is 1. The molecule has 5 rings (SSSR count). The van der Waals surface area contributed by atoms with Crippen molar-refractivity contribution in [2.24, 2.45) is 0 Å². The number of H-pyrrole nitrogens is 1. The number of nitrogens with zero attached hydrogens (tertiary/aromatic N) is 3. The summed E-state index contributed by atoms with van der Waals surface area (Å²) < 4.78 is 5.46. The number of amides is 1. The van der Waals surface area contributed by atoms with E-state index in [1.165, 1.54) is 0 Å². The van der Waals surface area contributed by atoms with Crippen molar-refractivity contribution in [1.29, 1.82) is 0 Å². The van der Waals surface area contributed by atoms with E-state index in [0.29, 0.717) is 17.5 Å². The molecular formula is C18H18N4O2. The lowest BCUT2D eigenvalue weighted by atomic mass is 10.2. The molecule has 1 aromatic carbocycles. The second kappa shape index (κ2) is 5.19. The van der Waals surface area contributed by atoms with Crippen LogP contribution in [0, 0.1) is 0 Å². The molecule has 1 N–H and O–H groups in total. The van der Waals surface area contributed by atoms with E-state index in [4.69, 9.17) is 4.52 Å². The SMILES string of the molecule is O=C(c1cc2ccccc2[nH]1)N1CCCC1c1nc(C2CC2)no1. The molecule has 2 aromatic heterocycles. The molecule has 1 aliphatic heterocycles. The van der Waals surface area contributed by atoms with Gasteiger partial charge in [0.15, 0.2) is 5.82 Å². The molecule has 2 fully saturated rings. The van der Waals surface area contributed by atoms with Crippen LogP contribution in [0.15, 0.2) is 34.9 Å². The molecule has 1 atom stereocenters. The third-order valence-corrected chi connectivity index (χ3v) is 4.96. The van der Waals surface area contributed by atoms with Crippen molar-refractivity contribution in [2.75, 3.05) is 6.54 Å². The van der Waals surface area contributed by atoms with E-state index in [0.717, 1.165) is 49.0 Å². The van der Waals surface area contributed by atoms with Crippen LogP contribution in [-0.4, -0.2) is 32.5 Å². The predicted octanol–water partition coefficient (Wildman–Crippen LogP) is 3.41. The van der Waals surface area contributed by atoms with E-state index in [2.05, 4.69) is 15.1 Å². The topological polar surface area (TPSA) is 75.0 Å². The summed E-state index contributed by atoms with van der Waals surface area (Å²) in [6, 6.07) is 9.72. The molecule has 0 bridgehead atoms. The highest BCUT2D eigenvalue weighted by atomic mass is 16.5. The van der Waals surface area contributed by atoms with E-state index >= 15 is 0 Å². The number of hydrogen-bond donors (Lipinski definition) is 1. The van der Waals surface area contributed by atoms with E-state index in [9.17, 15) is 4.79 Å². The lowest BCUT2D eigenvalue weighted by Crippen LogP contribution is -2.31. The van der Waals surface area contributed by atoms with Crippen molar-refractivity contribution in [1.82, 2.24) is 20.0 Å². The maximum absolute atomic E-state index is 13.0. The molecule has 1 saturated carbocycles. The van der Waals surface area contributed by atoms with Crippen LogP contribution in [0.2, 0.25) is 0 Å². The summed E-state index contributed by atoms with van der Waals surface area (Å²) in [5.41, 5.74) is 1.59. The summed E-state index contributed by atoms with van der Waals surface area (Å²) >= 11 is 0. The molecule has 6 heteroatoms. The van der Waals surface area contributed by atoms with Crippen LogP contribution in [0.4, 0.5) is 0 Å².